The summed E-state index contributed by atoms with van der Waals surface area (Å²) in [5.41, 5.74) is 0. The van der Waals surface area contributed by atoms with Crippen molar-refractivity contribution in [2.75, 3.05) is 0 Å². The molecule has 1 atom stereocenters. The Morgan fingerprint density at radius 1 is 0.882 bits per heavy atom. The van der Waals surface area contributed by atoms with E-state index in [4.69, 9.17) is 0 Å². The lowest BCUT2D eigenvalue weighted by Crippen LogP contribution is -2.07. The largest absolute Gasteiger partial charge is 0.0881 e. The molecule has 0 radical (unpaired) electrons. The van der Waals surface area contributed by atoms with E-state index in [0.29, 0.717) is 10.7 Å². The van der Waals surface area contributed by atoms with Gasteiger partial charge in [-0.2, -0.15) is 0 Å². The molecule has 0 spiro atoms. The van der Waals surface area contributed by atoms with Crippen molar-refractivity contribution in [2.45, 2.75) is 69.5 Å². The summed E-state index contributed by atoms with van der Waals surface area (Å²) in [6.45, 7) is 2.28. The molecule has 0 aliphatic heterocycles. The summed E-state index contributed by atoms with van der Waals surface area (Å²) in [6.07, 6.45) is 21.5. The van der Waals surface area contributed by atoms with Gasteiger partial charge in [0.25, 0.3) is 0 Å². The molecule has 0 fully saturated rings. The van der Waals surface area contributed by atoms with Crippen LogP contribution in [0.25, 0.3) is 0 Å². The third kappa shape index (κ3) is 7.08. The van der Waals surface area contributed by atoms with Crippen molar-refractivity contribution in [3.05, 3.63) is 24.3 Å². The van der Waals surface area contributed by atoms with Crippen LogP contribution in [0.5, 0.6) is 0 Å². The number of unbranched alkanes of at least 4 members (excludes halogenated alkanes) is 7. The van der Waals surface area contributed by atoms with E-state index in [1.54, 1.807) is 0 Å². The number of halogens is 1. The number of hydrogen-bond acceptors (Lipinski definition) is 0. The molecule has 98 valence electrons. The molecule has 17 heavy (non-hydrogen) atoms. The number of allylic oxidation sites excluding steroid dienone is 4. The second-order valence-electron chi connectivity index (χ2n) is 5.13. The first-order valence-electron chi connectivity index (χ1n) is 7.33. The average Bonchev–Trinajstić information content (AvgIpc) is 2.86. The molecule has 1 aliphatic rings. The minimum absolute atomic E-state index is 0.638. The fourth-order valence-corrected chi connectivity index (χ4v) is 3.03. The summed E-state index contributed by atoms with van der Waals surface area (Å²) in [4.78, 5) is 0.651. The Hall–Kier alpha value is -0.0400. The van der Waals surface area contributed by atoms with Gasteiger partial charge in [0.15, 0.2) is 0 Å². The second kappa shape index (κ2) is 9.94. The first kappa shape index (κ1) is 15.0. The average molecular weight is 299 g/mol. The van der Waals surface area contributed by atoms with Crippen molar-refractivity contribution >= 4 is 15.9 Å². The number of rotatable bonds is 10. The van der Waals surface area contributed by atoms with Crippen molar-refractivity contribution in [1.29, 1.82) is 0 Å². The van der Waals surface area contributed by atoms with E-state index in [9.17, 15) is 0 Å². The Labute approximate surface area is 116 Å². The van der Waals surface area contributed by atoms with Crippen LogP contribution in [-0.2, 0) is 0 Å². The maximum atomic E-state index is 3.81. The van der Waals surface area contributed by atoms with Gasteiger partial charge in [0.2, 0.25) is 0 Å². The lowest BCUT2D eigenvalue weighted by atomic mass is 10.0. The molecule has 0 aromatic heterocycles. The molecule has 0 aromatic rings. The lowest BCUT2D eigenvalue weighted by molar-refractivity contribution is 0.551. The fraction of sp³-hybridized carbons (Fsp3) is 0.750. The van der Waals surface area contributed by atoms with Gasteiger partial charge < -0.3 is 0 Å². The molecule has 1 heteroatoms. The third-order valence-corrected chi connectivity index (χ3v) is 4.60. The van der Waals surface area contributed by atoms with Crippen molar-refractivity contribution in [2.24, 2.45) is 5.92 Å². The summed E-state index contributed by atoms with van der Waals surface area (Å²) in [5, 5.41) is 0. The molecular weight excluding hydrogens is 272 g/mol. The van der Waals surface area contributed by atoms with Gasteiger partial charge in [-0.25, -0.2) is 0 Å². The Morgan fingerprint density at radius 3 is 2.00 bits per heavy atom. The Morgan fingerprint density at radius 2 is 1.41 bits per heavy atom. The van der Waals surface area contributed by atoms with Gasteiger partial charge in [-0.05, 0) is 6.42 Å². The highest BCUT2D eigenvalue weighted by molar-refractivity contribution is 9.09. The van der Waals surface area contributed by atoms with Gasteiger partial charge in [-0.15, -0.1) is 0 Å². The number of alkyl halides is 1. The van der Waals surface area contributed by atoms with Gasteiger partial charge in [-0.1, -0.05) is 98.5 Å². The summed E-state index contributed by atoms with van der Waals surface area (Å²) in [6, 6.07) is 0. The zero-order valence-electron chi connectivity index (χ0n) is 11.2. The van der Waals surface area contributed by atoms with Crippen LogP contribution in [0.2, 0.25) is 0 Å². The van der Waals surface area contributed by atoms with Gasteiger partial charge in [-0.3, -0.25) is 0 Å². The molecule has 0 saturated carbocycles. The van der Waals surface area contributed by atoms with Gasteiger partial charge in [0.05, 0.1) is 0 Å². The molecule has 0 aromatic carbocycles. The smallest absolute Gasteiger partial charge is 0.0243 e. The first-order chi connectivity index (χ1) is 8.34. The zero-order chi connectivity index (χ0) is 12.3. The maximum Gasteiger partial charge on any atom is 0.0243 e. The van der Waals surface area contributed by atoms with Crippen LogP contribution in [0.4, 0.5) is 0 Å². The summed E-state index contributed by atoms with van der Waals surface area (Å²) < 4.78 is 0. The van der Waals surface area contributed by atoms with E-state index in [1.807, 2.05) is 0 Å². The maximum absolute atomic E-state index is 3.81. The highest BCUT2D eigenvalue weighted by atomic mass is 79.9. The van der Waals surface area contributed by atoms with Crippen LogP contribution >= 0.6 is 15.9 Å². The van der Waals surface area contributed by atoms with Crippen molar-refractivity contribution in [3.63, 3.8) is 0 Å². The molecule has 0 saturated heterocycles. The highest BCUT2D eigenvalue weighted by Crippen LogP contribution is 2.25. The van der Waals surface area contributed by atoms with E-state index in [1.165, 1.54) is 57.8 Å². The molecule has 0 N–H and O–H groups in total. The van der Waals surface area contributed by atoms with Crippen LogP contribution in [0, 0.1) is 5.92 Å². The molecular formula is C16H27Br. The third-order valence-electron chi connectivity index (χ3n) is 3.53. The quantitative estimate of drug-likeness (QED) is 0.341. The van der Waals surface area contributed by atoms with Crippen LogP contribution in [0.15, 0.2) is 24.3 Å². The van der Waals surface area contributed by atoms with Gasteiger partial charge in [0.1, 0.15) is 0 Å². The summed E-state index contributed by atoms with van der Waals surface area (Å²) in [5.74, 6) is 0.638. The van der Waals surface area contributed by atoms with E-state index >= 15 is 0 Å². The van der Waals surface area contributed by atoms with Gasteiger partial charge >= 0.3 is 0 Å². The minimum atomic E-state index is 0.638. The Bertz CT molecular complexity index is 218. The van der Waals surface area contributed by atoms with Crippen molar-refractivity contribution in [1.82, 2.24) is 0 Å². The van der Waals surface area contributed by atoms with Crippen molar-refractivity contribution in [3.8, 4) is 0 Å². The van der Waals surface area contributed by atoms with Crippen LogP contribution in [0.3, 0.4) is 0 Å². The topological polar surface area (TPSA) is 0 Å². The van der Waals surface area contributed by atoms with Crippen LogP contribution in [0.1, 0.15) is 64.7 Å². The summed E-state index contributed by atoms with van der Waals surface area (Å²) in [7, 11) is 0. The van der Waals surface area contributed by atoms with Crippen LogP contribution < -0.4 is 0 Å². The normalized spacial score (nSPS) is 16.8. The van der Waals surface area contributed by atoms with E-state index < -0.39 is 0 Å². The lowest BCUT2D eigenvalue weighted by Gasteiger charge is -2.13. The van der Waals surface area contributed by atoms with Gasteiger partial charge in [0, 0.05) is 10.7 Å². The zero-order valence-corrected chi connectivity index (χ0v) is 12.8. The van der Waals surface area contributed by atoms with E-state index in [0.717, 1.165) is 0 Å². The molecule has 0 nitrogen and oxygen atoms in total. The first-order valence-corrected chi connectivity index (χ1v) is 8.25. The highest BCUT2D eigenvalue weighted by Gasteiger charge is 2.14. The molecule has 0 amide bonds. The van der Waals surface area contributed by atoms with Crippen LogP contribution in [-0.4, -0.2) is 4.83 Å². The standard InChI is InChI=1S/C16H27Br/c1-2-3-4-5-6-7-8-9-14-16(17)15-12-10-11-13-15/h10-13,15-16H,2-9,14H2,1H3. The molecule has 0 heterocycles. The second-order valence-corrected chi connectivity index (χ2v) is 6.30. The number of hydrogen-bond donors (Lipinski definition) is 0. The SMILES string of the molecule is CCCCCCCCCCC(Br)C1C=CC=C1. The van der Waals surface area contributed by atoms with E-state index in [-0.39, 0.29) is 0 Å². The predicted molar refractivity (Wildman–Crippen MR) is 81.7 cm³/mol. The molecule has 1 unspecified atom stereocenters. The minimum Gasteiger partial charge on any atom is -0.0881 e. The Balaban J connectivity index is 1.86. The predicted octanol–water partition coefficient (Wildman–Crippen LogP) is 6.02. The van der Waals surface area contributed by atoms with Crippen molar-refractivity contribution < 1.29 is 0 Å². The molecule has 0 bridgehead atoms. The summed E-state index contributed by atoms with van der Waals surface area (Å²) >= 11 is 3.81. The molecule has 1 rings (SSSR count). The Kier molecular flexibility index (Phi) is 8.78. The fourth-order valence-electron chi connectivity index (χ4n) is 2.36. The molecule has 1 aliphatic carbocycles. The van der Waals surface area contributed by atoms with E-state index in [2.05, 4.69) is 47.2 Å². The monoisotopic (exact) mass is 298 g/mol.